The summed E-state index contributed by atoms with van der Waals surface area (Å²) in [6.45, 7) is -0.252. The van der Waals surface area contributed by atoms with Gasteiger partial charge in [0.05, 0.1) is 6.61 Å². The van der Waals surface area contributed by atoms with Gasteiger partial charge in [0.1, 0.15) is 37.0 Å². The molecular formula is C17H20ClN5O4. The molecule has 3 aliphatic heterocycles. The minimum Gasteiger partial charge on any atom is -0.394 e. The van der Waals surface area contributed by atoms with Crippen molar-refractivity contribution in [2.24, 2.45) is 20.7 Å². The van der Waals surface area contributed by atoms with E-state index >= 15 is 0 Å². The lowest BCUT2D eigenvalue weighted by molar-refractivity contribution is -0.0688. The fraction of sp³-hybridized carbons (Fsp3) is 0.471. The Morgan fingerprint density at radius 1 is 1.33 bits per heavy atom. The summed E-state index contributed by atoms with van der Waals surface area (Å²) in [6, 6.07) is 7.34. The van der Waals surface area contributed by atoms with Crippen molar-refractivity contribution in [2.45, 2.75) is 36.6 Å². The first-order valence-corrected chi connectivity index (χ1v) is 8.90. The fourth-order valence-electron chi connectivity index (χ4n) is 3.56. The van der Waals surface area contributed by atoms with Gasteiger partial charge < -0.3 is 30.7 Å². The lowest BCUT2D eigenvalue weighted by Gasteiger charge is -2.32. The highest BCUT2D eigenvalue weighted by molar-refractivity contribution is 6.47. The summed E-state index contributed by atoms with van der Waals surface area (Å²) in [7, 11) is 0. The van der Waals surface area contributed by atoms with Gasteiger partial charge in [0, 0.05) is 11.4 Å². The van der Waals surface area contributed by atoms with Crippen molar-refractivity contribution in [1.82, 2.24) is 4.90 Å². The fourth-order valence-corrected chi connectivity index (χ4v) is 3.77. The third-order valence-corrected chi connectivity index (χ3v) is 5.17. The van der Waals surface area contributed by atoms with E-state index in [1.54, 1.807) is 11.0 Å². The first-order valence-electron chi connectivity index (χ1n) is 8.52. The molecule has 0 spiro atoms. The molecule has 0 amide bonds. The highest BCUT2D eigenvalue weighted by Gasteiger charge is 2.50. The van der Waals surface area contributed by atoms with Crippen LogP contribution in [-0.4, -0.2) is 81.6 Å². The zero-order valence-corrected chi connectivity index (χ0v) is 15.1. The van der Waals surface area contributed by atoms with Crippen LogP contribution in [0.1, 0.15) is 5.56 Å². The molecule has 9 nitrogen and oxygen atoms in total. The number of ether oxygens (including phenoxy) is 1. The van der Waals surface area contributed by atoms with Gasteiger partial charge in [-0.2, -0.15) is 0 Å². The number of aliphatic hydroxyl groups is 3. The Hall–Kier alpha value is -1.88. The molecule has 3 heterocycles. The van der Waals surface area contributed by atoms with Crippen LogP contribution in [0, 0.1) is 0 Å². The maximum atomic E-state index is 10.3. The minimum absolute atomic E-state index is 0.151. The number of nitrogens with zero attached hydrogens (tertiary/aromatic N) is 4. The number of amidine groups is 1. The lowest BCUT2D eigenvalue weighted by Crippen LogP contribution is -2.56. The molecule has 144 valence electrons. The van der Waals surface area contributed by atoms with Crippen LogP contribution in [0.25, 0.3) is 0 Å². The Morgan fingerprint density at radius 3 is 2.85 bits per heavy atom. The van der Waals surface area contributed by atoms with E-state index in [9.17, 15) is 15.3 Å². The van der Waals surface area contributed by atoms with E-state index < -0.39 is 36.8 Å². The number of fused-ring (bicyclic) bond motifs is 1. The molecule has 1 aromatic rings. The van der Waals surface area contributed by atoms with E-state index in [0.29, 0.717) is 23.0 Å². The topological polar surface area (TPSA) is 136 Å². The monoisotopic (exact) mass is 393 g/mol. The number of rotatable bonds is 4. The molecule has 5 N–H and O–H groups in total. The predicted octanol–water partition coefficient (Wildman–Crippen LogP) is -0.869. The summed E-state index contributed by atoms with van der Waals surface area (Å²) in [5.41, 5.74) is 6.78. The first-order chi connectivity index (χ1) is 12.9. The highest BCUT2D eigenvalue weighted by Crippen LogP contribution is 2.30. The van der Waals surface area contributed by atoms with Gasteiger partial charge in [0.15, 0.2) is 17.7 Å². The molecule has 1 fully saturated rings. The largest absolute Gasteiger partial charge is 0.394 e. The van der Waals surface area contributed by atoms with Gasteiger partial charge in [-0.25, -0.2) is 9.98 Å². The summed E-state index contributed by atoms with van der Waals surface area (Å²) in [6.07, 6.45) is -2.45. The average Bonchev–Trinajstić information content (AvgIpc) is 3.18. The van der Waals surface area contributed by atoms with Gasteiger partial charge >= 0.3 is 0 Å². The number of hydrogen-bond acceptors (Lipinski definition) is 9. The molecule has 0 aromatic heterocycles. The second kappa shape index (κ2) is 6.93. The quantitative estimate of drug-likeness (QED) is 0.525. The van der Waals surface area contributed by atoms with Crippen molar-refractivity contribution in [3.05, 3.63) is 34.9 Å². The van der Waals surface area contributed by atoms with Crippen LogP contribution in [0.4, 0.5) is 0 Å². The van der Waals surface area contributed by atoms with Gasteiger partial charge in [-0.15, -0.1) is 0 Å². The van der Waals surface area contributed by atoms with E-state index in [0.717, 1.165) is 5.56 Å². The van der Waals surface area contributed by atoms with Gasteiger partial charge in [0.2, 0.25) is 0 Å². The Bertz CT molecular complexity index is 831. The third kappa shape index (κ3) is 3.16. The summed E-state index contributed by atoms with van der Waals surface area (Å²) in [4.78, 5) is 14.7. The SMILES string of the molecule is NC1(Cc2cccc(Cl)c2)N=CN=C2C1=NCN2[C@@H]1O[C@H](CO)[C@@H](O)[C@H]1O. The van der Waals surface area contributed by atoms with Crippen LogP contribution in [0.5, 0.6) is 0 Å². The standard InChI is InChI=1S/C17H20ClN5O4/c18-10-3-1-2-9(4-10)5-17(19)14-15(20-7-22-17)23(8-21-14)16-13(26)12(25)11(6-24)27-16/h1-4,7,11-13,16,24-26H,5-6,8,19H2/t11-,12-,13-,16-,17?/m1/s1. The van der Waals surface area contributed by atoms with Crippen LogP contribution in [0.2, 0.25) is 5.02 Å². The number of halogens is 1. The predicted molar refractivity (Wildman–Crippen MR) is 99.9 cm³/mol. The van der Waals surface area contributed by atoms with Crippen LogP contribution in [-0.2, 0) is 11.2 Å². The molecule has 0 bridgehead atoms. The van der Waals surface area contributed by atoms with Crippen LogP contribution >= 0.6 is 11.6 Å². The smallest absolute Gasteiger partial charge is 0.162 e. The molecule has 1 unspecified atom stereocenters. The van der Waals surface area contributed by atoms with Crippen LogP contribution < -0.4 is 5.73 Å². The summed E-state index contributed by atoms with van der Waals surface area (Å²) >= 11 is 6.06. The van der Waals surface area contributed by atoms with Crippen molar-refractivity contribution in [3.8, 4) is 0 Å². The molecule has 4 rings (SSSR count). The lowest BCUT2D eigenvalue weighted by atomic mass is 9.94. The molecule has 0 aliphatic carbocycles. The molecule has 0 saturated carbocycles. The van der Waals surface area contributed by atoms with Gasteiger partial charge in [0.25, 0.3) is 0 Å². The van der Waals surface area contributed by atoms with Gasteiger partial charge in [-0.3, -0.25) is 4.99 Å². The van der Waals surface area contributed by atoms with Crippen molar-refractivity contribution < 1.29 is 20.1 Å². The average molecular weight is 394 g/mol. The number of hydrogen-bond donors (Lipinski definition) is 4. The minimum atomic E-state index is -1.21. The number of aliphatic hydroxyl groups excluding tert-OH is 3. The van der Waals surface area contributed by atoms with Crippen molar-refractivity contribution in [1.29, 1.82) is 0 Å². The number of aliphatic imine (C=N–C) groups is 3. The summed E-state index contributed by atoms with van der Waals surface area (Å²) in [5.74, 6) is 0.435. The Balaban J connectivity index is 1.57. The maximum absolute atomic E-state index is 10.3. The third-order valence-electron chi connectivity index (χ3n) is 4.93. The highest BCUT2D eigenvalue weighted by atomic mass is 35.5. The first kappa shape index (κ1) is 18.5. The van der Waals surface area contributed by atoms with Gasteiger partial charge in [-0.05, 0) is 17.7 Å². The van der Waals surface area contributed by atoms with E-state index in [-0.39, 0.29) is 6.67 Å². The van der Waals surface area contributed by atoms with Crippen molar-refractivity contribution in [3.63, 3.8) is 0 Å². The molecule has 1 aromatic carbocycles. The summed E-state index contributed by atoms with van der Waals surface area (Å²) < 4.78 is 5.59. The molecule has 1 saturated heterocycles. The van der Waals surface area contributed by atoms with Crippen LogP contribution in [0.3, 0.4) is 0 Å². The van der Waals surface area contributed by atoms with Crippen LogP contribution in [0.15, 0.2) is 39.2 Å². The molecule has 27 heavy (non-hydrogen) atoms. The van der Waals surface area contributed by atoms with E-state index in [1.165, 1.54) is 6.34 Å². The second-order valence-corrected chi connectivity index (χ2v) is 7.21. The molecule has 3 aliphatic rings. The number of benzene rings is 1. The number of nitrogens with two attached hydrogens (primary N) is 1. The van der Waals surface area contributed by atoms with Crippen molar-refractivity contribution in [2.75, 3.05) is 13.3 Å². The van der Waals surface area contributed by atoms with Crippen molar-refractivity contribution >= 4 is 29.5 Å². The maximum Gasteiger partial charge on any atom is 0.162 e. The zero-order valence-electron chi connectivity index (χ0n) is 14.3. The van der Waals surface area contributed by atoms with E-state index in [2.05, 4.69) is 15.0 Å². The molecule has 10 heteroatoms. The molecule has 0 radical (unpaired) electrons. The molecular weight excluding hydrogens is 374 g/mol. The second-order valence-electron chi connectivity index (χ2n) is 6.78. The van der Waals surface area contributed by atoms with E-state index in [1.807, 2.05) is 18.2 Å². The Morgan fingerprint density at radius 2 is 2.15 bits per heavy atom. The Labute approximate surface area is 160 Å². The Kier molecular flexibility index (Phi) is 4.75. The van der Waals surface area contributed by atoms with Gasteiger partial charge in [-0.1, -0.05) is 23.7 Å². The summed E-state index contributed by atoms with van der Waals surface area (Å²) in [5, 5.41) is 30.2. The normalized spacial score (nSPS) is 35.2. The molecule has 5 atom stereocenters. The van der Waals surface area contributed by atoms with E-state index in [4.69, 9.17) is 22.1 Å². The zero-order chi connectivity index (χ0) is 19.2.